The molecule has 0 aliphatic rings. The Kier molecular flexibility index (Phi) is 4.84. The lowest BCUT2D eigenvalue weighted by Gasteiger charge is -2.20. The number of hydrogen-bond donors (Lipinski definition) is 1. The van der Waals surface area contributed by atoms with Gasteiger partial charge in [0.2, 0.25) is 0 Å². The van der Waals surface area contributed by atoms with Crippen LogP contribution in [0.1, 0.15) is 58.8 Å². The lowest BCUT2D eigenvalue weighted by atomic mass is 9.88. The van der Waals surface area contributed by atoms with Crippen LogP contribution < -0.4 is 5.73 Å². The third kappa shape index (κ3) is 3.19. The fraction of sp³-hybridized carbons (Fsp3) is 0.400. The molecule has 0 aliphatic carbocycles. The summed E-state index contributed by atoms with van der Waals surface area (Å²) in [7, 11) is 0. The molecular formula is C20H27N. The van der Waals surface area contributed by atoms with Gasteiger partial charge in [0.25, 0.3) is 0 Å². The fourth-order valence-electron chi connectivity index (χ4n) is 3.36. The van der Waals surface area contributed by atoms with Crippen molar-refractivity contribution in [3.63, 3.8) is 0 Å². The summed E-state index contributed by atoms with van der Waals surface area (Å²) < 4.78 is 0. The number of nitrogens with two attached hydrogens (primary N) is 1. The molecule has 1 unspecified atom stereocenters. The summed E-state index contributed by atoms with van der Waals surface area (Å²) in [5, 5.41) is 0. The highest BCUT2D eigenvalue weighted by Crippen LogP contribution is 2.28. The van der Waals surface area contributed by atoms with E-state index in [4.69, 9.17) is 5.73 Å². The number of hydrogen-bond acceptors (Lipinski definition) is 1. The maximum atomic E-state index is 6.58. The summed E-state index contributed by atoms with van der Waals surface area (Å²) in [6.45, 7) is 10.9. The van der Waals surface area contributed by atoms with Crippen molar-refractivity contribution in [2.24, 2.45) is 5.73 Å². The largest absolute Gasteiger partial charge is 0.320 e. The Bertz CT molecular complexity index is 617. The first-order valence-electron chi connectivity index (χ1n) is 7.92. The van der Waals surface area contributed by atoms with Gasteiger partial charge < -0.3 is 5.73 Å². The zero-order chi connectivity index (χ0) is 15.6. The molecule has 0 amide bonds. The lowest BCUT2D eigenvalue weighted by Crippen LogP contribution is -2.15. The van der Waals surface area contributed by atoms with Crippen LogP contribution in [0.2, 0.25) is 0 Å². The topological polar surface area (TPSA) is 26.0 Å². The molecule has 1 nitrogen and oxygen atoms in total. The fourth-order valence-corrected chi connectivity index (χ4v) is 3.36. The second-order valence-corrected chi connectivity index (χ2v) is 6.03. The van der Waals surface area contributed by atoms with Crippen LogP contribution in [0.25, 0.3) is 0 Å². The molecule has 21 heavy (non-hydrogen) atoms. The predicted octanol–water partition coefficient (Wildman–Crippen LogP) is 4.78. The van der Waals surface area contributed by atoms with Gasteiger partial charge in [0, 0.05) is 0 Å². The van der Waals surface area contributed by atoms with Gasteiger partial charge in [0.1, 0.15) is 0 Å². The minimum atomic E-state index is -0.0400. The molecule has 0 aliphatic heterocycles. The maximum Gasteiger partial charge on any atom is 0.0556 e. The lowest BCUT2D eigenvalue weighted by molar-refractivity contribution is 0.844. The Labute approximate surface area is 129 Å². The molecule has 2 aromatic carbocycles. The van der Waals surface area contributed by atoms with Gasteiger partial charge in [-0.1, -0.05) is 49.7 Å². The van der Waals surface area contributed by atoms with Gasteiger partial charge in [0.15, 0.2) is 0 Å². The monoisotopic (exact) mass is 281 g/mol. The van der Waals surface area contributed by atoms with Crippen molar-refractivity contribution in [3.05, 3.63) is 69.3 Å². The molecule has 0 saturated carbocycles. The predicted molar refractivity (Wildman–Crippen MR) is 91.9 cm³/mol. The molecular weight excluding hydrogens is 254 g/mol. The summed E-state index contributed by atoms with van der Waals surface area (Å²) in [4.78, 5) is 0. The average Bonchev–Trinajstić information content (AvgIpc) is 2.45. The van der Waals surface area contributed by atoms with Crippen LogP contribution in [0.4, 0.5) is 0 Å². The molecule has 1 atom stereocenters. The number of rotatable bonds is 4. The van der Waals surface area contributed by atoms with Gasteiger partial charge >= 0.3 is 0 Å². The minimum absolute atomic E-state index is 0.0400. The van der Waals surface area contributed by atoms with E-state index >= 15 is 0 Å². The van der Waals surface area contributed by atoms with Crippen molar-refractivity contribution in [1.82, 2.24) is 0 Å². The van der Waals surface area contributed by atoms with E-state index in [0.717, 1.165) is 12.8 Å². The van der Waals surface area contributed by atoms with Gasteiger partial charge in [-0.3, -0.25) is 0 Å². The number of aryl methyl sites for hydroxylation is 5. The molecule has 0 spiro atoms. The van der Waals surface area contributed by atoms with Crippen molar-refractivity contribution >= 4 is 0 Å². The quantitative estimate of drug-likeness (QED) is 0.857. The van der Waals surface area contributed by atoms with Crippen molar-refractivity contribution in [1.29, 1.82) is 0 Å². The van der Waals surface area contributed by atoms with Gasteiger partial charge in [-0.15, -0.1) is 0 Å². The van der Waals surface area contributed by atoms with E-state index in [-0.39, 0.29) is 6.04 Å². The molecule has 0 aromatic heterocycles. The molecule has 2 aromatic rings. The van der Waals surface area contributed by atoms with Crippen LogP contribution in [0.15, 0.2) is 30.3 Å². The Morgan fingerprint density at radius 1 is 0.857 bits per heavy atom. The van der Waals surface area contributed by atoms with Crippen LogP contribution in [-0.4, -0.2) is 0 Å². The van der Waals surface area contributed by atoms with Crippen LogP contribution in [0.5, 0.6) is 0 Å². The first-order chi connectivity index (χ1) is 9.97. The van der Waals surface area contributed by atoms with Crippen molar-refractivity contribution in [2.75, 3.05) is 0 Å². The summed E-state index contributed by atoms with van der Waals surface area (Å²) in [5.74, 6) is 0. The minimum Gasteiger partial charge on any atom is -0.320 e. The highest BCUT2D eigenvalue weighted by atomic mass is 14.6. The Balaban J connectivity index is 2.47. The van der Waals surface area contributed by atoms with Crippen molar-refractivity contribution in [2.45, 2.75) is 53.5 Å². The van der Waals surface area contributed by atoms with E-state index in [0.29, 0.717) is 0 Å². The van der Waals surface area contributed by atoms with E-state index in [9.17, 15) is 0 Å². The standard InChI is InChI=1S/C20H27N/c1-6-16-8-9-18(12-17(16)7-2)20(21)19-14(4)10-13(3)11-15(19)5/h8-12,20H,6-7,21H2,1-5H3. The molecule has 2 rings (SSSR count). The van der Waals surface area contributed by atoms with Crippen LogP contribution in [0.3, 0.4) is 0 Å². The Morgan fingerprint density at radius 3 is 1.95 bits per heavy atom. The molecule has 0 bridgehead atoms. The van der Waals surface area contributed by atoms with Crippen LogP contribution in [-0.2, 0) is 12.8 Å². The molecule has 0 heterocycles. The smallest absolute Gasteiger partial charge is 0.0556 e. The molecule has 0 radical (unpaired) electrons. The summed E-state index contributed by atoms with van der Waals surface area (Å²) in [6, 6.07) is 11.1. The average molecular weight is 281 g/mol. The van der Waals surface area contributed by atoms with E-state index in [2.05, 4.69) is 65.0 Å². The molecule has 0 saturated heterocycles. The zero-order valence-corrected chi connectivity index (χ0v) is 14.0. The van der Waals surface area contributed by atoms with Crippen LogP contribution in [0, 0.1) is 20.8 Å². The molecule has 1 heteroatoms. The summed E-state index contributed by atoms with van der Waals surface area (Å²) in [5.41, 5.74) is 15.8. The maximum absolute atomic E-state index is 6.58. The van der Waals surface area contributed by atoms with E-state index < -0.39 is 0 Å². The van der Waals surface area contributed by atoms with Crippen molar-refractivity contribution < 1.29 is 0 Å². The molecule has 112 valence electrons. The highest BCUT2D eigenvalue weighted by Gasteiger charge is 2.15. The number of benzene rings is 2. The van der Waals surface area contributed by atoms with Gasteiger partial charge in [-0.25, -0.2) is 0 Å². The summed E-state index contributed by atoms with van der Waals surface area (Å²) >= 11 is 0. The first-order valence-corrected chi connectivity index (χ1v) is 7.92. The molecule has 2 N–H and O–H groups in total. The Morgan fingerprint density at radius 2 is 1.43 bits per heavy atom. The second kappa shape index (κ2) is 6.44. The molecule has 0 fully saturated rings. The van der Waals surface area contributed by atoms with E-state index in [1.807, 2.05) is 0 Å². The first kappa shape index (κ1) is 15.8. The Hall–Kier alpha value is -1.60. The van der Waals surface area contributed by atoms with Gasteiger partial charge in [-0.05, 0) is 67.0 Å². The van der Waals surface area contributed by atoms with E-state index in [1.54, 1.807) is 0 Å². The van der Waals surface area contributed by atoms with Crippen molar-refractivity contribution in [3.8, 4) is 0 Å². The van der Waals surface area contributed by atoms with Gasteiger partial charge in [-0.2, -0.15) is 0 Å². The third-order valence-corrected chi connectivity index (χ3v) is 4.40. The third-order valence-electron chi connectivity index (χ3n) is 4.40. The zero-order valence-electron chi connectivity index (χ0n) is 14.0. The second-order valence-electron chi connectivity index (χ2n) is 6.03. The SMILES string of the molecule is CCc1ccc(C(N)c2c(C)cc(C)cc2C)cc1CC. The van der Waals surface area contributed by atoms with Crippen LogP contribution >= 0.6 is 0 Å². The normalized spacial score (nSPS) is 12.5. The highest BCUT2D eigenvalue weighted by molar-refractivity contribution is 5.45. The van der Waals surface area contributed by atoms with E-state index in [1.165, 1.54) is 38.9 Å². The summed E-state index contributed by atoms with van der Waals surface area (Å²) in [6.07, 6.45) is 2.15. The van der Waals surface area contributed by atoms with Gasteiger partial charge in [0.05, 0.1) is 6.04 Å².